The molecule has 0 fully saturated rings. The van der Waals surface area contributed by atoms with Crippen molar-refractivity contribution in [3.05, 3.63) is 23.5 Å². The van der Waals surface area contributed by atoms with E-state index in [-0.39, 0.29) is 6.54 Å². The van der Waals surface area contributed by atoms with Gasteiger partial charge in [0.25, 0.3) is 0 Å². The molecule has 0 aliphatic carbocycles. The fraction of sp³-hybridized carbons (Fsp3) is 0.571. The highest BCUT2D eigenvalue weighted by Crippen LogP contribution is 2.33. The summed E-state index contributed by atoms with van der Waals surface area (Å²) in [5.74, 6) is -1.59. The molecule has 1 aromatic heterocycles. The number of aryl methyl sites for hydroxylation is 1. The smallest absolute Gasteiger partial charge is 0.418 e. The van der Waals surface area contributed by atoms with Crippen LogP contribution < -0.4 is 0 Å². The van der Waals surface area contributed by atoms with Gasteiger partial charge in [-0.3, -0.25) is 0 Å². The van der Waals surface area contributed by atoms with Crippen LogP contribution in [0.25, 0.3) is 0 Å². The van der Waals surface area contributed by atoms with Crippen LogP contribution in [0.4, 0.5) is 13.2 Å². The average Bonchev–Trinajstić information content (AvgIpc) is 2.79. The normalized spacial score (nSPS) is 12.2. The number of nitriles is 1. The van der Waals surface area contributed by atoms with E-state index in [0.29, 0.717) is 19.3 Å². The molecule has 0 aliphatic rings. The summed E-state index contributed by atoms with van der Waals surface area (Å²) in [6.07, 6.45) is -0.956. The second kappa shape index (κ2) is 6.20. The summed E-state index contributed by atoms with van der Waals surface area (Å²) in [5.41, 5.74) is -2.33. The average molecular weight is 302 g/mol. The molecule has 0 atom stereocenters. The van der Waals surface area contributed by atoms with Crippen molar-refractivity contribution in [2.75, 3.05) is 0 Å². The van der Waals surface area contributed by atoms with Gasteiger partial charge in [-0.15, -0.1) is 0 Å². The number of hydrogen-bond acceptors (Lipinski definition) is 2. The molecule has 0 saturated heterocycles. The molecule has 4 nitrogen and oxygen atoms in total. The summed E-state index contributed by atoms with van der Waals surface area (Å²) in [6, 6.07) is 2.15. The van der Waals surface area contributed by atoms with Gasteiger partial charge in [-0.05, 0) is 26.7 Å². The number of rotatable bonds is 6. The van der Waals surface area contributed by atoms with Crippen molar-refractivity contribution in [1.29, 1.82) is 5.26 Å². The quantitative estimate of drug-likeness (QED) is 0.810. The highest BCUT2D eigenvalue weighted by Gasteiger charge is 2.36. The maximum absolute atomic E-state index is 12.7. The van der Waals surface area contributed by atoms with Crippen LogP contribution in [0.15, 0.2) is 12.4 Å². The fourth-order valence-corrected chi connectivity index (χ4v) is 1.95. The van der Waals surface area contributed by atoms with Gasteiger partial charge in [0.15, 0.2) is 0 Å². The van der Waals surface area contributed by atoms with E-state index in [2.05, 4.69) is 6.07 Å². The maximum atomic E-state index is 12.7. The van der Waals surface area contributed by atoms with E-state index >= 15 is 0 Å². The van der Waals surface area contributed by atoms with Crippen LogP contribution in [-0.4, -0.2) is 15.6 Å². The number of halogens is 3. The monoisotopic (exact) mass is 302 g/mol. The SMILES string of the molecule is CC(C)(C#N)CCCCn1cc(C(=O)O)c(C(F)(F)F)c1. The number of carbonyl (C=O) groups is 1. The zero-order chi connectivity index (χ0) is 16.3. The summed E-state index contributed by atoms with van der Waals surface area (Å²) in [5, 5.41) is 17.7. The molecule has 0 radical (unpaired) electrons. The van der Waals surface area contributed by atoms with Crippen molar-refractivity contribution < 1.29 is 23.1 Å². The number of alkyl halides is 3. The molecule has 0 bridgehead atoms. The molecule has 7 heteroatoms. The van der Waals surface area contributed by atoms with E-state index < -0.39 is 28.7 Å². The molecular weight excluding hydrogens is 285 g/mol. The third kappa shape index (κ3) is 4.81. The van der Waals surface area contributed by atoms with Crippen molar-refractivity contribution in [2.45, 2.75) is 45.8 Å². The highest BCUT2D eigenvalue weighted by molar-refractivity contribution is 5.89. The first-order valence-electron chi connectivity index (χ1n) is 6.48. The number of carboxylic acids is 1. The molecular formula is C14H17F3N2O2. The topological polar surface area (TPSA) is 66.0 Å². The number of aromatic carboxylic acids is 1. The fourth-order valence-electron chi connectivity index (χ4n) is 1.95. The first-order valence-corrected chi connectivity index (χ1v) is 6.48. The van der Waals surface area contributed by atoms with Crippen LogP contribution in [0, 0.1) is 16.7 Å². The van der Waals surface area contributed by atoms with E-state index in [1.807, 2.05) is 0 Å². The van der Waals surface area contributed by atoms with Crippen LogP contribution in [0.1, 0.15) is 49.0 Å². The highest BCUT2D eigenvalue weighted by atomic mass is 19.4. The van der Waals surface area contributed by atoms with Gasteiger partial charge in [-0.1, -0.05) is 6.42 Å². The summed E-state index contributed by atoms with van der Waals surface area (Å²) in [6.45, 7) is 3.89. The van der Waals surface area contributed by atoms with Gasteiger partial charge in [0, 0.05) is 18.9 Å². The lowest BCUT2D eigenvalue weighted by Crippen LogP contribution is -2.09. The Morgan fingerprint density at radius 3 is 2.38 bits per heavy atom. The Morgan fingerprint density at radius 1 is 1.33 bits per heavy atom. The molecule has 0 aromatic carbocycles. The predicted molar refractivity (Wildman–Crippen MR) is 69.6 cm³/mol. The summed E-state index contributed by atoms with van der Waals surface area (Å²) in [7, 11) is 0. The third-order valence-corrected chi connectivity index (χ3v) is 3.19. The van der Waals surface area contributed by atoms with Crippen molar-refractivity contribution >= 4 is 5.97 Å². The Balaban J connectivity index is 2.70. The number of aromatic nitrogens is 1. The minimum atomic E-state index is -4.68. The van der Waals surface area contributed by atoms with Crippen LogP contribution in [0.2, 0.25) is 0 Å². The van der Waals surface area contributed by atoms with E-state index in [9.17, 15) is 18.0 Å². The van der Waals surface area contributed by atoms with Crippen molar-refractivity contribution in [2.24, 2.45) is 5.41 Å². The second-order valence-corrected chi connectivity index (χ2v) is 5.58. The zero-order valence-corrected chi connectivity index (χ0v) is 11.9. The van der Waals surface area contributed by atoms with Gasteiger partial charge in [0.1, 0.15) is 0 Å². The summed E-state index contributed by atoms with van der Waals surface area (Å²) >= 11 is 0. The van der Waals surface area contributed by atoms with Crippen LogP contribution in [-0.2, 0) is 12.7 Å². The number of nitrogens with zero attached hydrogens (tertiary/aromatic N) is 2. The molecule has 0 spiro atoms. The molecule has 1 N–H and O–H groups in total. The first-order chi connectivity index (χ1) is 9.57. The third-order valence-electron chi connectivity index (χ3n) is 3.19. The van der Waals surface area contributed by atoms with Crippen LogP contribution in [0.3, 0.4) is 0 Å². The maximum Gasteiger partial charge on any atom is 0.418 e. The standard InChI is InChI=1S/C14H17F3N2O2/c1-13(2,9-18)5-3-4-6-19-7-10(12(20)21)11(8-19)14(15,16)17/h7-8H,3-6H2,1-2H3,(H,20,21). The van der Waals surface area contributed by atoms with Crippen LogP contribution >= 0.6 is 0 Å². The lowest BCUT2D eigenvalue weighted by molar-refractivity contribution is -0.138. The van der Waals surface area contributed by atoms with Crippen LogP contribution in [0.5, 0.6) is 0 Å². The molecule has 116 valence electrons. The minimum Gasteiger partial charge on any atom is -0.478 e. The van der Waals surface area contributed by atoms with E-state index in [1.165, 1.54) is 4.57 Å². The zero-order valence-electron chi connectivity index (χ0n) is 11.9. The number of hydrogen-bond donors (Lipinski definition) is 1. The Bertz CT molecular complexity index is 554. The van der Waals surface area contributed by atoms with Gasteiger partial charge in [0.2, 0.25) is 0 Å². The predicted octanol–water partition coefficient (Wildman–Crippen LogP) is 3.93. The largest absolute Gasteiger partial charge is 0.478 e. The number of unbranched alkanes of at least 4 members (excludes halogenated alkanes) is 1. The van der Waals surface area contributed by atoms with Gasteiger partial charge >= 0.3 is 12.1 Å². The van der Waals surface area contributed by atoms with Gasteiger partial charge in [0.05, 0.1) is 22.6 Å². The van der Waals surface area contributed by atoms with E-state index in [1.54, 1.807) is 13.8 Å². The van der Waals surface area contributed by atoms with Gasteiger partial charge in [-0.2, -0.15) is 18.4 Å². The molecule has 0 amide bonds. The van der Waals surface area contributed by atoms with Crippen molar-refractivity contribution in [1.82, 2.24) is 4.57 Å². The minimum absolute atomic E-state index is 0.290. The summed E-state index contributed by atoms with van der Waals surface area (Å²) < 4.78 is 39.3. The Kier molecular flexibility index (Phi) is 5.05. The molecule has 0 aliphatic heterocycles. The number of carboxylic acid groups (broad SMARTS) is 1. The molecule has 0 unspecified atom stereocenters. The van der Waals surface area contributed by atoms with Gasteiger partial charge < -0.3 is 9.67 Å². The Morgan fingerprint density at radius 2 is 1.95 bits per heavy atom. The lowest BCUT2D eigenvalue weighted by Gasteiger charge is -2.14. The first kappa shape index (κ1) is 17.1. The molecule has 1 heterocycles. The molecule has 21 heavy (non-hydrogen) atoms. The molecule has 1 aromatic rings. The molecule has 0 saturated carbocycles. The second-order valence-electron chi connectivity index (χ2n) is 5.58. The summed E-state index contributed by atoms with van der Waals surface area (Å²) in [4.78, 5) is 10.8. The molecule has 1 rings (SSSR count). The Labute approximate surface area is 120 Å². The van der Waals surface area contributed by atoms with Crippen molar-refractivity contribution in [3.8, 4) is 6.07 Å². The van der Waals surface area contributed by atoms with Crippen molar-refractivity contribution in [3.63, 3.8) is 0 Å². The van der Waals surface area contributed by atoms with Gasteiger partial charge in [-0.25, -0.2) is 4.79 Å². The van der Waals surface area contributed by atoms with E-state index in [4.69, 9.17) is 10.4 Å². The van der Waals surface area contributed by atoms with E-state index in [0.717, 1.165) is 12.4 Å². The lowest BCUT2D eigenvalue weighted by atomic mass is 9.89. The Hall–Kier alpha value is -1.97.